The Hall–Kier alpha value is -2.70. The summed E-state index contributed by atoms with van der Waals surface area (Å²) in [4.78, 5) is 24.9. The van der Waals surface area contributed by atoms with Gasteiger partial charge in [-0.1, -0.05) is 24.3 Å². The number of carbonyl (C=O) groups is 1. The zero-order chi connectivity index (χ0) is 17.9. The van der Waals surface area contributed by atoms with Crippen molar-refractivity contribution in [3.05, 3.63) is 56.9 Å². The molecular weight excluding hydrogens is 308 g/mol. The number of hydrogen-bond acceptors (Lipinski definition) is 4. The number of aryl methyl sites for hydroxylation is 2. The van der Waals surface area contributed by atoms with Gasteiger partial charge in [-0.15, -0.1) is 0 Å². The van der Waals surface area contributed by atoms with E-state index >= 15 is 0 Å². The van der Waals surface area contributed by atoms with Crippen molar-refractivity contribution >= 4 is 11.6 Å². The Morgan fingerprint density at radius 2 is 1.96 bits per heavy atom. The van der Waals surface area contributed by atoms with Gasteiger partial charge in [0.05, 0.1) is 4.92 Å². The van der Waals surface area contributed by atoms with E-state index in [4.69, 9.17) is 0 Å². The van der Waals surface area contributed by atoms with E-state index in [1.165, 1.54) is 4.68 Å². The van der Waals surface area contributed by atoms with Gasteiger partial charge in [0.15, 0.2) is 0 Å². The Kier molecular flexibility index (Phi) is 5.33. The molecule has 2 aromatic rings. The molecule has 0 fully saturated rings. The van der Waals surface area contributed by atoms with Crippen LogP contribution in [0, 0.1) is 30.9 Å². The molecule has 128 valence electrons. The van der Waals surface area contributed by atoms with Crippen molar-refractivity contribution in [1.82, 2.24) is 14.7 Å². The van der Waals surface area contributed by atoms with Crippen LogP contribution in [0.3, 0.4) is 0 Å². The Morgan fingerprint density at radius 1 is 1.29 bits per heavy atom. The van der Waals surface area contributed by atoms with Crippen molar-refractivity contribution in [2.24, 2.45) is 0 Å². The molecular formula is C17H22N4O3. The third-order valence-electron chi connectivity index (χ3n) is 4.17. The normalized spacial score (nSPS) is 10.7. The summed E-state index contributed by atoms with van der Waals surface area (Å²) in [5.74, 6) is -0.110. The van der Waals surface area contributed by atoms with Crippen molar-refractivity contribution < 1.29 is 9.72 Å². The van der Waals surface area contributed by atoms with Crippen molar-refractivity contribution in [2.45, 2.75) is 40.8 Å². The van der Waals surface area contributed by atoms with Crippen LogP contribution in [0.2, 0.25) is 0 Å². The monoisotopic (exact) mass is 330 g/mol. The van der Waals surface area contributed by atoms with Crippen molar-refractivity contribution in [2.75, 3.05) is 6.54 Å². The molecule has 0 saturated heterocycles. The molecule has 7 nitrogen and oxygen atoms in total. The quantitative estimate of drug-likeness (QED) is 0.602. The number of amides is 1. The molecule has 0 N–H and O–H groups in total. The Balaban J connectivity index is 2.17. The number of likely N-dealkylation sites (N-methyl/N-ethyl adjacent to an activating group) is 1. The topological polar surface area (TPSA) is 81.3 Å². The minimum Gasteiger partial charge on any atom is -0.337 e. The second-order valence-corrected chi connectivity index (χ2v) is 5.77. The third-order valence-corrected chi connectivity index (χ3v) is 4.17. The third kappa shape index (κ3) is 3.61. The number of rotatable bonds is 6. The van der Waals surface area contributed by atoms with Gasteiger partial charge in [-0.3, -0.25) is 19.6 Å². The van der Waals surface area contributed by atoms with E-state index in [1.807, 2.05) is 38.1 Å². The van der Waals surface area contributed by atoms with E-state index < -0.39 is 4.92 Å². The summed E-state index contributed by atoms with van der Waals surface area (Å²) >= 11 is 0. The molecule has 1 heterocycles. The standard InChI is InChI=1S/C17H22N4O3/c1-5-19(10-15-9-7-6-8-12(15)2)16(22)11-20-14(4)17(21(23)24)13(3)18-20/h6-9H,5,10-11H2,1-4H3. The maximum atomic E-state index is 12.6. The summed E-state index contributed by atoms with van der Waals surface area (Å²) in [7, 11) is 0. The summed E-state index contributed by atoms with van der Waals surface area (Å²) in [6.07, 6.45) is 0. The molecule has 1 aromatic heterocycles. The smallest absolute Gasteiger partial charge is 0.312 e. The number of benzene rings is 1. The lowest BCUT2D eigenvalue weighted by Crippen LogP contribution is -2.34. The fraction of sp³-hybridized carbons (Fsp3) is 0.412. The fourth-order valence-electron chi connectivity index (χ4n) is 2.70. The molecule has 0 aliphatic carbocycles. The zero-order valence-corrected chi connectivity index (χ0v) is 14.4. The molecule has 0 bridgehead atoms. The van der Waals surface area contributed by atoms with Gasteiger partial charge < -0.3 is 4.90 Å². The molecule has 2 rings (SSSR count). The van der Waals surface area contributed by atoms with E-state index in [9.17, 15) is 14.9 Å². The largest absolute Gasteiger partial charge is 0.337 e. The van der Waals surface area contributed by atoms with Gasteiger partial charge in [0.25, 0.3) is 0 Å². The number of carbonyl (C=O) groups excluding carboxylic acids is 1. The van der Waals surface area contributed by atoms with Crippen LogP contribution in [0.4, 0.5) is 5.69 Å². The summed E-state index contributed by atoms with van der Waals surface area (Å²) < 4.78 is 1.41. The van der Waals surface area contributed by atoms with Crippen LogP contribution in [-0.2, 0) is 17.9 Å². The summed E-state index contributed by atoms with van der Waals surface area (Å²) in [5.41, 5.74) is 2.92. The van der Waals surface area contributed by atoms with Crippen molar-refractivity contribution in [1.29, 1.82) is 0 Å². The van der Waals surface area contributed by atoms with E-state index in [1.54, 1.807) is 18.7 Å². The first kappa shape index (κ1) is 17.7. The Morgan fingerprint density at radius 3 is 2.50 bits per heavy atom. The molecule has 0 spiro atoms. The van der Waals surface area contributed by atoms with Gasteiger partial charge in [-0.05, 0) is 38.8 Å². The summed E-state index contributed by atoms with van der Waals surface area (Å²) in [6, 6.07) is 7.93. The molecule has 7 heteroatoms. The molecule has 0 saturated carbocycles. The number of nitrogens with zero attached hydrogens (tertiary/aromatic N) is 4. The lowest BCUT2D eigenvalue weighted by Gasteiger charge is -2.22. The Bertz CT molecular complexity index is 767. The minimum absolute atomic E-state index is 0.000233. The van der Waals surface area contributed by atoms with Gasteiger partial charge >= 0.3 is 5.69 Å². The highest BCUT2D eigenvalue weighted by atomic mass is 16.6. The van der Waals surface area contributed by atoms with Crippen LogP contribution in [-0.4, -0.2) is 32.1 Å². The second-order valence-electron chi connectivity index (χ2n) is 5.77. The molecule has 0 unspecified atom stereocenters. The minimum atomic E-state index is -0.455. The highest BCUT2D eigenvalue weighted by Gasteiger charge is 2.24. The van der Waals surface area contributed by atoms with Crippen LogP contribution < -0.4 is 0 Å². The van der Waals surface area contributed by atoms with Crippen LogP contribution in [0.1, 0.15) is 29.4 Å². The highest BCUT2D eigenvalue weighted by Crippen LogP contribution is 2.22. The van der Waals surface area contributed by atoms with Gasteiger partial charge in [-0.25, -0.2) is 0 Å². The lowest BCUT2D eigenvalue weighted by molar-refractivity contribution is -0.386. The first-order valence-electron chi connectivity index (χ1n) is 7.85. The fourth-order valence-corrected chi connectivity index (χ4v) is 2.70. The Labute approximate surface area is 141 Å². The SMILES string of the molecule is CCN(Cc1ccccc1C)C(=O)Cn1nc(C)c([N+](=O)[O-])c1C. The maximum Gasteiger partial charge on any atom is 0.312 e. The molecule has 0 aliphatic rings. The molecule has 0 aliphatic heterocycles. The highest BCUT2D eigenvalue weighted by molar-refractivity contribution is 5.76. The van der Waals surface area contributed by atoms with Gasteiger partial charge in [0.1, 0.15) is 17.9 Å². The molecule has 0 radical (unpaired) electrons. The van der Waals surface area contributed by atoms with E-state index in [0.29, 0.717) is 24.5 Å². The first-order valence-corrected chi connectivity index (χ1v) is 7.85. The van der Waals surface area contributed by atoms with Crippen LogP contribution in [0.5, 0.6) is 0 Å². The predicted octanol–water partition coefficient (Wildman–Crippen LogP) is 2.77. The lowest BCUT2D eigenvalue weighted by atomic mass is 10.1. The second kappa shape index (κ2) is 7.25. The summed E-state index contributed by atoms with van der Waals surface area (Å²) in [6.45, 7) is 8.20. The van der Waals surface area contributed by atoms with Crippen LogP contribution >= 0.6 is 0 Å². The van der Waals surface area contributed by atoms with Crippen molar-refractivity contribution in [3.63, 3.8) is 0 Å². The first-order chi connectivity index (χ1) is 11.3. The van der Waals surface area contributed by atoms with Crippen LogP contribution in [0.25, 0.3) is 0 Å². The number of nitro groups is 1. The van der Waals surface area contributed by atoms with E-state index in [0.717, 1.165) is 11.1 Å². The van der Waals surface area contributed by atoms with Gasteiger partial charge in [0, 0.05) is 13.1 Å². The average Bonchev–Trinajstić information content (AvgIpc) is 2.80. The van der Waals surface area contributed by atoms with Gasteiger partial charge in [0.2, 0.25) is 5.91 Å². The molecule has 24 heavy (non-hydrogen) atoms. The van der Waals surface area contributed by atoms with Crippen LogP contribution in [0.15, 0.2) is 24.3 Å². The van der Waals surface area contributed by atoms with Crippen molar-refractivity contribution in [3.8, 4) is 0 Å². The zero-order valence-electron chi connectivity index (χ0n) is 14.4. The molecule has 0 atom stereocenters. The summed E-state index contributed by atoms with van der Waals surface area (Å²) in [5, 5.41) is 15.2. The average molecular weight is 330 g/mol. The van der Waals surface area contributed by atoms with E-state index in [2.05, 4.69) is 5.10 Å². The van der Waals surface area contributed by atoms with E-state index in [-0.39, 0.29) is 18.1 Å². The number of aromatic nitrogens is 2. The number of hydrogen-bond donors (Lipinski definition) is 0. The molecule has 1 amide bonds. The maximum absolute atomic E-state index is 12.6. The van der Waals surface area contributed by atoms with Gasteiger partial charge in [-0.2, -0.15) is 5.10 Å². The predicted molar refractivity (Wildman–Crippen MR) is 90.6 cm³/mol. The molecule has 1 aromatic carbocycles.